The summed E-state index contributed by atoms with van der Waals surface area (Å²) in [5.41, 5.74) is 0.933. The van der Waals surface area contributed by atoms with Gasteiger partial charge in [-0.3, -0.25) is 4.79 Å². The van der Waals surface area contributed by atoms with Gasteiger partial charge in [-0.2, -0.15) is 5.26 Å². The van der Waals surface area contributed by atoms with Gasteiger partial charge in [0.1, 0.15) is 0 Å². The number of carbonyl (C=O) groups excluding carboxylic acids is 1. The average Bonchev–Trinajstić information content (AvgIpc) is 2.17. The summed E-state index contributed by atoms with van der Waals surface area (Å²) in [4.78, 5) is 11.2. The summed E-state index contributed by atoms with van der Waals surface area (Å²) in [7, 11) is 0. The number of allylic oxidation sites excluding steroid dienone is 1. The Balaban J connectivity index is 3.28. The molecule has 64 valence electrons. The van der Waals surface area contributed by atoms with Crippen molar-refractivity contribution in [2.75, 3.05) is 0 Å². The molecule has 0 aliphatic carbocycles. The van der Waals surface area contributed by atoms with Gasteiger partial charge in [0, 0.05) is 10.0 Å². The fourth-order valence-electron chi connectivity index (χ4n) is 0.894. The lowest BCUT2D eigenvalue weighted by Crippen LogP contribution is -1.95. The topological polar surface area (TPSA) is 40.9 Å². The second-order valence-electron chi connectivity index (χ2n) is 2.37. The van der Waals surface area contributed by atoms with E-state index in [0.29, 0.717) is 15.6 Å². The lowest BCUT2D eigenvalue weighted by Gasteiger charge is -1.99. The van der Waals surface area contributed by atoms with E-state index in [-0.39, 0.29) is 5.78 Å². The van der Waals surface area contributed by atoms with Gasteiger partial charge in [-0.15, -0.1) is 0 Å². The van der Waals surface area contributed by atoms with Crippen LogP contribution in [-0.4, -0.2) is 5.78 Å². The minimum atomic E-state index is -0.191. The van der Waals surface area contributed by atoms with Crippen LogP contribution >= 0.6 is 15.9 Å². The maximum atomic E-state index is 11.2. The van der Waals surface area contributed by atoms with Gasteiger partial charge in [0.15, 0.2) is 5.78 Å². The quantitative estimate of drug-likeness (QED) is 0.585. The first-order chi connectivity index (χ1) is 6.19. The lowest BCUT2D eigenvalue weighted by atomic mass is 10.1. The van der Waals surface area contributed by atoms with Crippen molar-refractivity contribution in [3.63, 3.8) is 0 Å². The van der Waals surface area contributed by atoms with Crippen LogP contribution in [-0.2, 0) is 0 Å². The molecule has 0 unspecified atom stereocenters. The van der Waals surface area contributed by atoms with Gasteiger partial charge in [0.05, 0.1) is 11.6 Å². The van der Waals surface area contributed by atoms with Crippen molar-refractivity contribution in [2.45, 2.75) is 0 Å². The van der Waals surface area contributed by atoms with Crippen LogP contribution in [0.25, 0.3) is 0 Å². The zero-order valence-electron chi connectivity index (χ0n) is 6.75. The molecule has 0 bridgehead atoms. The monoisotopic (exact) mass is 235 g/mol. The number of rotatable bonds is 2. The molecule has 0 atom stereocenters. The fraction of sp³-hybridized carbons (Fsp3) is 0. The predicted octanol–water partition coefficient (Wildman–Crippen LogP) is 2.69. The Morgan fingerprint density at radius 3 is 2.85 bits per heavy atom. The second kappa shape index (κ2) is 4.01. The first kappa shape index (κ1) is 9.69. The second-order valence-corrected chi connectivity index (χ2v) is 3.23. The van der Waals surface area contributed by atoms with E-state index in [9.17, 15) is 4.79 Å². The molecular formula is C10H6BrNO. The van der Waals surface area contributed by atoms with Crippen molar-refractivity contribution < 1.29 is 4.79 Å². The Kier molecular flexibility index (Phi) is 2.99. The van der Waals surface area contributed by atoms with Gasteiger partial charge < -0.3 is 0 Å². The molecule has 2 nitrogen and oxygen atoms in total. The first-order valence-electron chi connectivity index (χ1n) is 3.55. The molecule has 1 aromatic rings. The number of ketones is 1. The van der Waals surface area contributed by atoms with Crippen LogP contribution in [0.4, 0.5) is 0 Å². The molecule has 0 aliphatic rings. The number of halogens is 1. The normalized spacial score (nSPS) is 8.92. The summed E-state index contributed by atoms with van der Waals surface area (Å²) in [5, 5.41) is 8.60. The highest BCUT2D eigenvalue weighted by atomic mass is 79.9. The smallest absolute Gasteiger partial charge is 0.186 e. The van der Waals surface area contributed by atoms with Gasteiger partial charge in [-0.05, 0) is 24.3 Å². The zero-order chi connectivity index (χ0) is 9.84. The maximum Gasteiger partial charge on any atom is 0.186 e. The molecule has 0 N–H and O–H groups in total. The van der Waals surface area contributed by atoms with Crippen molar-refractivity contribution in [3.05, 3.63) is 46.5 Å². The molecule has 0 fully saturated rings. The standard InChI is InChI=1S/C10H6BrNO/c1-2-10(13)8-5-7(6-12)3-4-9(8)11/h2-5H,1H2. The molecule has 0 radical (unpaired) electrons. The predicted molar refractivity (Wildman–Crippen MR) is 53.4 cm³/mol. The summed E-state index contributed by atoms with van der Waals surface area (Å²) >= 11 is 3.22. The van der Waals surface area contributed by atoms with E-state index in [2.05, 4.69) is 22.5 Å². The molecule has 0 heterocycles. The van der Waals surface area contributed by atoms with Crippen LogP contribution in [0.3, 0.4) is 0 Å². The Labute approximate surface area is 84.6 Å². The number of nitrogens with zero attached hydrogens (tertiary/aromatic N) is 1. The maximum absolute atomic E-state index is 11.2. The van der Waals surface area contributed by atoms with Crippen LogP contribution in [0, 0.1) is 11.3 Å². The first-order valence-corrected chi connectivity index (χ1v) is 4.34. The van der Waals surface area contributed by atoms with Crippen LogP contribution in [0.5, 0.6) is 0 Å². The molecule has 3 heteroatoms. The summed E-state index contributed by atoms with van der Waals surface area (Å²) in [6.07, 6.45) is 1.22. The van der Waals surface area contributed by atoms with E-state index < -0.39 is 0 Å². The van der Waals surface area contributed by atoms with Crippen LogP contribution in [0.1, 0.15) is 15.9 Å². The third-order valence-electron chi connectivity index (χ3n) is 1.55. The van der Waals surface area contributed by atoms with E-state index >= 15 is 0 Å². The summed E-state index contributed by atoms with van der Waals surface area (Å²) in [6.45, 7) is 3.38. The molecule has 0 saturated heterocycles. The van der Waals surface area contributed by atoms with E-state index in [0.717, 1.165) is 0 Å². The summed E-state index contributed by atoms with van der Waals surface area (Å²) in [5.74, 6) is -0.191. The molecule has 0 saturated carbocycles. The van der Waals surface area contributed by atoms with E-state index in [4.69, 9.17) is 5.26 Å². The molecule has 1 rings (SSSR count). The molecule has 13 heavy (non-hydrogen) atoms. The molecule has 0 amide bonds. The van der Waals surface area contributed by atoms with Gasteiger partial charge in [0.2, 0.25) is 0 Å². The number of nitriles is 1. The minimum absolute atomic E-state index is 0.191. The van der Waals surface area contributed by atoms with E-state index in [1.807, 2.05) is 6.07 Å². The number of hydrogen-bond donors (Lipinski definition) is 0. The van der Waals surface area contributed by atoms with Crippen LogP contribution in [0.2, 0.25) is 0 Å². The Morgan fingerprint density at radius 2 is 2.31 bits per heavy atom. The third-order valence-corrected chi connectivity index (χ3v) is 2.24. The van der Waals surface area contributed by atoms with E-state index in [1.165, 1.54) is 12.1 Å². The van der Waals surface area contributed by atoms with Gasteiger partial charge in [-0.25, -0.2) is 0 Å². The Morgan fingerprint density at radius 1 is 1.62 bits per heavy atom. The molecule has 0 aromatic heterocycles. The Hall–Kier alpha value is -1.40. The largest absolute Gasteiger partial charge is 0.289 e. The molecule has 0 aliphatic heterocycles. The minimum Gasteiger partial charge on any atom is -0.289 e. The molecular weight excluding hydrogens is 230 g/mol. The van der Waals surface area contributed by atoms with Gasteiger partial charge >= 0.3 is 0 Å². The van der Waals surface area contributed by atoms with Crippen molar-refractivity contribution in [1.29, 1.82) is 5.26 Å². The number of carbonyl (C=O) groups is 1. The molecule has 1 aromatic carbocycles. The number of hydrogen-bond acceptors (Lipinski definition) is 2. The van der Waals surface area contributed by atoms with Gasteiger partial charge in [-0.1, -0.05) is 22.5 Å². The lowest BCUT2D eigenvalue weighted by molar-refractivity contribution is 0.104. The van der Waals surface area contributed by atoms with Crippen LogP contribution < -0.4 is 0 Å². The van der Waals surface area contributed by atoms with Crippen LogP contribution in [0.15, 0.2) is 35.3 Å². The van der Waals surface area contributed by atoms with Crippen molar-refractivity contribution in [3.8, 4) is 6.07 Å². The molecule has 0 spiro atoms. The summed E-state index contributed by atoms with van der Waals surface area (Å²) < 4.78 is 0.677. The SMILES string of the molecule is C=CC(=O)c1cc(C#N)ccc1Br. The zero-order valence-corrected chi connectivity index (χ0v) is 8.34. The average molecular weight is 236 g/mol. The van der Waals surface area contributed by atoms with E-state index in [1.54, 1.807) is 12.1 Å². The van der Waals surface area contributed by atoms with Crippen molar-refractivity contribution in [1.82, 2.24) is 0 Å². The van der Waals surface area contributed by atoms with Crippen molar-refractivity contribution >= 4 is 21.7 Å². The van der Waals surface area contributed by atoms with Gasteiger partial charge in [0.25, 0.3) is 0 Å². The van der Waals surface area contributed by atoms with Crippen molar-refractivity contribution in [2.24, 2.45) is 0 Å². The summed E-state index contributed by atoms with van der Waals surface area (Å²) in [6, 6.07) is 6.82. The Bertz CT molecular complexity index is 404. The highest BCUT2D eigenvalue weighted by molar-refractivity contribution is 9.10. The highest BCUT2D eigenvalue weighted by Gasteiger charge is 2.06. The third kappa shape index (κ3) is 2.04. The number of benzene rings is 1. The fourth-order valence-corrected chi connectivity index (χ4v) is 1.34. The highest BCUT2D eigenvalue weighted by Crippen LogP contribution is 2.18.